The Balaban J connectivity index is 1.33. The van der Waals surface area contributed by atoms with E-state index < -0.39 is 11.4 Å². The summed E-state index contributed by atoms with van der Waals surface area (Å²) in [4.78, 5) is 28.5. The maximum absolute atomic E-state index is 14.6. The minimum atomic E-state index is -0.670. The van der Waals surface area contributed by atoms with Crippen LogP contribution in [-0.2, 0) is 16.8 Å². The minimum absolute atomic E-state index is 0.0159. The molecule has 10 heteroatoms. The van der Waals surface area contributed by atoms with E-state index in [4.69, 9.17) is 4.74 Å². The predicted octanol–water partition coefficient (Wildman–Crippen LogP) is 3.10. The highest BCUT2D eigenvalue weighted by atomic mass is 19.1. The fraction of sp³-hybridized carbons (Fsp3) is 0.680. The Morgan fingerprint density at radius 1 is 1.17 bits per heavy atom. The van der Waals surface area contributed by atoms with Crippen LogP contribution in [0.2, 0.25) is 0 Å². The Labute approximate surface area is 206 Å². The van der Waals surface area contributed by atoms with Gasteiger partial charge in [0, 0.05) is 50.5 Å². The second-order valence-corrected chi connectivity index (χ2v) is 10.8. The summed E-state index contributed by atoms with van der Waals surface area (Å²) in [5, 5.41) is 4.42. The number of piperazine rings is 1. The summed E-state index contributed by atoms with van der Waals surface area (Å²) in [6, 6.07) is 0.415. The van der Waals surface area contributed by atoms with Gasteiger partial charge >= 0.3 is 6.03 Å². The highest BCUT2D eigenvalue weighted by molar-refractivity contribution is 5.77. The topological polar surface area (TPSA) is 79.6 Å². The number of carbonyl (C=O) groups is 1. The molecule has 0 radical (unpaired) electrons. The third kappa shape index (κ3) is 4.31. The third-order valence-electron chi connectivity index (χ3n) is 7.90. The van der Waals surface area contributed by atoms with Crippen LogP contribution in [0.15, 0.2) is 12.4 Å². The Hall–Kier alpha value is -2.59. The van der Waals surface area contributed by atoms with Crippen LogP contribution in [0.5, 0.6) is 0 Å². The summed E-state index contributed by atoms with van der Waals surface area (Å²) in [7, 11) is 0. The number of aromatic nitrogens is 4. The Bertz CT molecular complexity index is 1100. The SMILES string of the molecule is Cc1ncc(F)c(-n2ncc3c2C(C)(C)N(C(=O)N2C[C@@H](C)N(CC4CCOCC4)C[C@@H]2C)C3)n1. The van der Waals surface area contributed by atoms with Crippen LogP contribution in [0.4, 0.5) is 9.18 Å². The average molecular weight is 486 g/mol. The first-order valence-electron chi connectivity index (χ1n) is 12.6. The van der Waals surface area contributed by atoms with Crippen LogP contribution >= 0.6 is 0 Å². The maximum atomic E-state index is 14.6. The molecule has 0 spiro atoms. The first kappa shape index (κ1) is 24.1. The summed E-state index contributed by atoms with van der Waals surface area (Å²) in [6.07, 6.45) is 5.12. The summed E-state index contributed by atoms with van der Waals surface area (Å²) in [5.41, 5.74) is 1.04. The lowest BCUT2D eigenvalue weighted by Gasteiger charge is -2.47. The van der Waals surface area contributed by atoms with Gasteiger partial charge < -0.3 is 14.5 Å². The van der Waals surface area contributed by atoms with Crippen LogP contribution in [0.1, 0.15) is 57.6 Å². The molecule has 0 N–H and O–H groups in total. The van der Waals surface area contributed by atoms with Crippen molar-refractivity contribution in [1.29, 1.82) is 0 Å². The number of aryl methyl sites for hydroxylation is 1. The molecule has 2 saturated heterocycles. The van der Waals surface area contributed by atoms with E-state index in [1.807, 2.05) is 23.6 Å². The van der Waals surface area contributed by atoms with Gasteiger partial charge in [-0.3, -0.25) is 4.90 Å². The summed E-state index contributed by atoms with van der Waals surface area (Å²) in [6.45, 7) is 14.8. The van der Waals surface area contributed by atoms with E-state index in [0.717, 1.165) is 50.4 Å². The molecule has 5 rings (SSSR count). The van der Waals surface area contributed by atoms with Crippen molar-refractivity contribution in [2.45, 2.75) is 71.6 Å². The number of hydrogen-bond donors (Lipinski definition) is 0. The van der Waals surface area contributed by atoms with Crippen LogP contribution in [-0.4, -0.2) is 85.4 Å². The quantitative estimate of drug-likeness (QED) is 0.665. The second kappa shape index (κ2) is 9.13. The van der Waals surface area contributed by atoms with E-state index in [-0.39, 0.29) is 17.9 Å². The molecule has 0 unspecified atom stereocenters. The number of amides is 2. The number of halogens is 1. The van der Waals surface area contributed by atoms with Gasteiger partial charge in [0.05, 0.1) is 30.2 Å². The molecule has 3 aliphatic rings. The molecule has 3 aliphatic heterocycles. The van der Waals surface area contributed by atoms with Gasteiger partial charge in [0.2, 0.25) is 0 Å². The highest BCUT2D eigenvalue weighted by Crippen LogP contribution is 2.41. The largest absolute Gasteiger partial charge is 0.381 e. The lowest BCUT2D eigenvalue weighted by Crippen LogP contribution is -2.62. The highest BCUT2D eigenvalue weighted by Gasteiger charge is 2.47. The zero-order chi connectivity index (χ0) is 24.9. The van der Waals surface area contributed by atoms with Gasteiger partial charge in [0.1, 0.15) is 5.82 Å². The lowest BCUT2D eigenvalue weighted by atomic mass is 9.97. The zero-order valence-electron chi connectivity index (χ0n) is 21.4. The van der Waals surface area contributed by atoms with E-state index in [1.165, 1.54) is 10.9 Å². The lowest BCUT2D eigenvalue weighted by molar-refractivity contribution is 0.00870. The van der Waals surface area contributed by atoms with Gasteiger partial charge in [0.25, 0.3) is 0 Å². The maximum Gasteiger partial charge on any atom is 0.321 e. The molecule has 2 aromatic heterocycles. The molecule has 35 heavy (non-hydrogen) atoms. The number of ether oxygens (including phenoxy) is 1. The van der Waals surface area contributed by atoms with Crippen molar-refractivity contribution in [2.75, 3.05) is 32.8 Å². The number of rotatable bonds is 3. The van der Waals surface area contributed by atoms with Crippen molar-refractivity contribution in [3.8, 4) is 5.82 Å². The van der Waals surface area contributed by atoms with Crippen LogP contribution in [0.3, 0.4) is 0 Å². The number of urea groups is 1. The first-order valence-corrected chi connectivity index (χ1v) is 12.6. The monoisotopic (exact) mass is 485 g/mol. The smallest absolute Gasteiger partial charge is 0.321 e. The molecule has 0 saturated carbocycles. The van der Waals surface area contributed by atoms with Crippen molar-refractivity contribution in [2.24, 2.45) is 5.92 Å². The third-order valence-corrected chi connectivity index (χ3v) is 7.90. The number of hydrogen-bond acceptors (Lipinski definition) is 6. The van der Waals surface area contributed by atoms with E-state index in [2.05, 4.69) is 33.8 Å². The number of carbonyl (C=O) groups excluding carboxylic acids is 1. The van der Waals surface area contributed by atoms with E-state index >= 15 is 0 Å². The Morgan fingerprint density at radius 3 is 2.66 bits per heavy atom. The van der Waals surface area contributed by atoms with Gasteiger partial charge in [-0.25, -0.2) is 23.8 Å². The molecule has 9 nitrogen and oxygen atoms in total. The van der Waals surface area contributed by atoms with E-state index in [0.29, 0.717) is 30.9 Å². The fourth-order valence-corrected chi connectivity index (χ4v) is 5.84. The van der Waals surface area contributed by atoms with Crippen LogP contribution in [0.25, 0.3) is 5.82 Å². The van der Waals surface area contributed by atoms with Gasteiger partial charge in [-0.15, -0.1) is 0 Å². The molecule has 0 aromatic carbocycles. The molecule has 2 atom stereocenters. The summed E-state index contributed by atoms with van der Waals surface area (Å²) >= 11 is 0. The van der Waals surface area contributed by atoms with Crippen molar-refractivity contribution in [3.05, 3.63) is 35.3 Å². The number of fused-ring (bicyclic) bond motifs is 1. The normalized spacial score (nSPS) is 25.2. The van der Waals surface area contributed by atoms with Crippen LogP contribution < -0.4 is 0 Å². The van der Waals surface area contributed by atoms with Gasteiger partial charge in [-0.2, -0.15) is 5.10 Å². The first-order chi connectivity index (χ1) is 16.7. The van der Waals surface area contributed by atoms with Crippen molar-refractivity contribution >= 4 is 6.03 Å². The Kier molecular flexibility index (Phi) is 6.29. The molecule has 2 aromatic rings. The molecule has 0 aliphatic carbocycles. The standard InChI is InChI=1S/C25H36FN7O2/c1-16-13-31(17(2)12-30(16)14-19-6-8-35-9-7-19)24(34)32-15-20-10-28-33(22(20)25(32,4)5)23-21(26)11-27-18(3)29-23/h10-11,16-17,19H,6-9,12-15H2,1-5H3/t16-,17+/m1/s1. The fourth-order valence-electron chi connectivity index (χ4n) is 5.84. The predicted molar refractivity (Wildman–Crippen MR) is 129 cm³/mol. The van der Waals surface area contributed by atoms with Crippen molar-refractivity contribution in [3.63, 3.8) is 0 Å². The molecule has 2 fully saturated rings. The van der Waals surface area contributed by atoms with Gasteiger partial charge in [-0.1, -0.05) is 0 Å². The van der Waals surface area contributed by atoms with Crippen LogP contribution in [0, 0.1) is 18.7 Å². The van der Waals surface area contributed by atoms with E-state index in [1.54, 1.807) is 13.1 Å². The minimum Gasteiger partial charge on any atom is -0.381 e. The molecule has 5 heterocycles. The van der Waals surface area contributed by atoms with E-state index in [9.17, 15) is 9.18 Å². The van der Waals surface area contributed by atoms with Crippen molar-refractivity contribution in [1.82, 2.24) is 34.4 Å². The van der Waals surface area contributed by atoms with Gasteiger partial charge in [0.15, 0.2) is 11.6 Å². The second-order valence-electron chi connectivity index (χ2n) is 10.8. The molecule has 190 valence electrons. The molecule has 0 bridgehead atoms. The summed E-state index contributed by atoms with van der Waals surface area (Å²) < 4.78 is 21.7. The average Bonchev–Trinajstić information content (AvgIpc) is 3.36. The zero-order valence-corrected chi connectivity index (χ0v) is 21.4. The van der Waals surface area contributed by atoms with Gasteiger partial charge in [-0.05, 0) is 53.4 Å². The molecule has 2 amide bonds. The van der Waals surface area contributed by atoms with Crippen molar-refractivity contribution < 1.29 is 13.9 Å². The Morgan fingerprint density at radius 2 is 1.91 bits per heavy atom. The molecular formula is C25H36FN7O2. The molecular weight excluding hydrogens is 449 g/mol. The number of nitrogens with zero attached hydrogens (tertiary/aromatic N) is 7. The summed E-state index contributed by atoms with van der Waals surface area (Å²) in [5.74, 6) is 0.715.